The maximum absolute atomic E-state index is 5.74. The van der Waals surface area contributed by atoms with Gasteiger partial charge in [-0.05, 0) is 47.3 Å². The lowest BCUT2D eigenvalue weighted by Crippen LogP contribution is -2.22. The number of nitrogens with zero attached hydrogens (tertiary/aromatic N) is 3. The predicted octanol–water partition coefficient (Wildman–Crippen LogP) is 2.60. The van der Waals surface area contributed by atoms with Crippen molar-refractivity contribution in [3.63, 3.8) is 0 Å². The van der Waals surface area contributed by atoms with Crippen molar-refractivity contribution in [1.82, 2.24) is 14.6 Å². The van der Waals surface area contributed by atoms with Crippen LogP contribution < -0.4 is 0 Å². The van der Waals surface area contributed by atoms with E-state index >= 15 is 0 Å². The van der Waals surface area contributed by atoms with Crippen LogP contribution in [0.25, 0.3) is 5.65 Å². The minimum atomic E-state index is 0.301. The quantitative estimate of drug-likeness (QED) is 0.855. The lowest BCUT2D eigenvalue weighted by atomic mass is 10.1. The topological polar surface area (TPSA) is 39.4 Å². The fraction of sp³-hybridized carbons (Fsp3) is 0.500. The Kier molecular flexibility index (Phi) is 3.11. The average Bonchev–Trinajstić information content (AvgIpc) is 2.76. The lowest BCUT2D eigenvalue weighted by molar-refractivity contribution is 0.0155. The van der Waals surface area contributed by atoms with E-state index in [0.717, 1.165) is 35.4 Å². The van der Waals surface area contributed by atoms with Gasteiger partial charge < -0.3 is 4.74 Å². The molecule has 0 radical (unpaired) electrons. The summed E-state index contributed by atoms with van der Waals surface area (Å²) in [6, 6.07) is 3.97. The molecular formula is C12H14BrN3O. The molecule has 0 saturated carbocycles. The van der Waals surface area contributed by atoms with Crippen molar-refractivity contribution in [3.05, 3.63) is 28.6 Å². The molecule has 1 aliphatic rings. The lowest BCUT2D eigenvalue weighted by Gasteiger charge is -2.21. The Labute approximate surface area is 108 Å². The third-order valence-corrected chi connectivity index (χ3v) is 3.76. The molecule has 2 aromatic rings. The molecule has 0 bridgehead atoms. The summed E-state index contributed by atoms with van der Waals surface area (Å²) in [6.07, 6.45) is 6.71. The Balaban J connectivity index is 1.87. The summed E-state index contributed by atoms with van der Waals surface area (Å²) >= 11 is 3.48. The fourth-order valence-electron chi connectivity index (χ4n) is 2.24. The van der Waals surface area contributed by atoms with Gasteiger partial charge in [-0.15, -0.1) is 10.2 Å². The molecule has 5 heteroatoms. The average molecular weight is 296 g/mol. The maximum Gasteiger partial charge on any atom is 0.175 e. The van der Waals surface area contributed by atoms with Gasteiger partial charge in [-0.25, -0.2) is 0 Å². The second kappa shape index (κ2) is 4.74. The molecule has 17 heavy (non-hydrogen) atoms. The maximum atomic E-state index is 5.74. The molecule has 1 unspecified atom stereocenters. The van der Waals surface area contributed by atoms with Crippen LogP contribution in [0.15, 0.2) is 22.8 Å². The van der Waals surface area contributed by atoms with Gasteiger partial charge in [-0.1, -0.05) is 0 Å². The van der Waals surface area contributed by atoms with E-state index < -0.39 is 0 Å². The molecule has 1 aliphatic heterocycles. The zero-order chi connectivity index (χ0) is 11.7. The molecule has 0 amide bonds. The molecule has 1 fully saturated rings. The number of halogens is 1. The minimum absolute atomic E-state index is 0.301. The third kappa shape index (κ3) is 2.21. The first-order valence-electron chi connectivity index (χ1n) is 5.94. The van der Waals surface area contributed by atoms with Crippen LogP contribution in [0.2, 0.25) is 0 Å². The molecular weight excluding hydrogens is 282 g/mol. The molecule has 0 aromatic carbocycles. The van der Waals surface area contributed by atoms with Gasteiger partial charge in [0.1, 0.15) is 5.82 Å². The molecule has 3 rings (SSSR count). The molecule has 0 spiro atoms. The standard InChI is InChI=1S/C12H14BrN3O/c13-10-5-3-6-16-11(14-15-12(10)16)8-9-4-1-2-7-17-9/h3,5-6,9H,1-2,4,7-8H2. The highest BCUT2D eigenvalue weighted by Crippen LogP contribution is 2.20. The number of ether oxygens (including phenoxy) is 1. The van der Waals surface area contributed by atoms with E-state index in [0.29, 0.717) is 6.10 Å². The van der Waals surface area contributed by atoms with Crippen LogP contribution in [0.4, 0.5) is 0 Å². The smallest absolute Gasteiger partial charge is 0.175 e. The highest BCUT2D eigenvalue weighted by atomic mass is 79.9. The third-order valence-electron chi connectivity index (χ3n) is 3.14. The Morgan fingerprint density at radius 2 is 2.35 bits per heavy atom. The van der Waals surface area contributed by atoms with Gasteiger partial charge in [0.25, 0.3) is 0 Å². The number of pyridine rings is 1. The zero-order valence-electron chi connectivity index (χ0n) is 9.47. The van der Waals surface area contributed by atoms with Crippen molar-refractivity contribution in [2.24, 2.45) is 0 Å². The molecule has 1 atom stereocenters. The zero-order valence-corrected chi connectivity index (χ0v) is 11.1. The Morgan fingerprint density at radius 1 is 1.41 bits per heavy atom. The fourth-order valence-corrected chi connectivity index (χ4v) is 2.67. The van der Waals surface area contributed by atoms with Gasteiger partial charge in [-0.3, -0.25) is 4.40 Å². The van der Waals surface area contributed by atoms with Gasteiger partial charge in [-0.2, -0.15) is 0 Å². The van der Waals surface area contributed by atoms with Crippen LogP contribution in [0, 0.1) is 0 Å². The molecule has 90 valence electrons. The van der Waals surface area contributed by atoms with E-state index in [1.54, 1.807) is 0 Å². The molecule has 1 saturated heterocycles. The second-order valence-corrected chi connectivity index (χ2v) is 5.21. The van der Waals surface area contributed by atoms with Crippen LogP contribution >= 0.6 is 15.9 Å². The van der Waals surface area contributed by atoms with E-state index in [9.17, 15) is 0 Å². The first-order valence-corrected chi connectivity index (χ1v) is 6.73. The largest absolute Gasteiger partial charge is 0.378 e. The summed E-state index contributed by atoms with van der Waals surface area (Å²) < 4.78 is 8.74. The van der Waals surface area contributed by atoms with Gasteiger partial charge in [0.05, 0.1) is 10.6 Å². The minimum Gasteiger partial charge on any atom is -0.378 e. The van der Waals surface area contributed by atoms with Crippen LogP contribution in [0.1, 0.15) is 25.1 Å². The summed E-state index contributed by atoms with van der Waals surface area (Å²) in [5, 5.41) is 8.45. The van der Waals surface area contributed by atoms with Gasteiger partial charge in [0.15, 0.2) is 5.65 Å². The first-order chi connectivity index (χ1) is 8.34. The van der Waals surface area contributed by atoms with Crippen molar-refractivity contribution in [3.8, 4) is 0 Å². The summed E-state index contributed by atoms with van der Waals surface area (Å²) in [7, 11) is 0. The van der Waals surface area contributed by atoms with E-state index in [1.165, 1.54) is 12.8 Å². The van der Waals surface area contributed by atoms with E-state index in [1.807, 2.05) is 22.7 Å². The monoisotopic (exact) mass is 295 g/mol. The van der Waals surface area contributed by atoms with Gasteiger partial charge >= 0.3 is 0 Å². The highest BCUT2D eigenvalue weighted by Gasteiger charge is 2.17. The molecule has 0 N–H and O–H groups in total. The van der Waals surface area contributed by atoms with Crippen LogP contribution in [-0.4, -0.2) is 27.3 Å². The van der Waals surface area contributed by atoms with Crippen LogP contribution in [-0.2, 0) is 11.2 Å². The van der Waals surface area contributed by atoms with Crippen molar-refractivity contribution in [1.29, 1.82) is 0 Å². The summed E-state index contributed by atoms with van der Waals surface area (Å²) in [4.78, 5) is 0. The Morgan fingerprint density at radius 3 is 3.18 bits per heavy atom. The number of rotatable bonds is 2. The number of hydrogen-bond donors (Lipinski definition) is 0. The molecule has 3 heterocycles. The van der Waals surface area contributed by atoms with Crippen molar-refractivity contribution in [2.45, 2.75) is 31.8 Å². The molecule has 4 nitrogen and oxygen atoms in total. The van der Waals surface area contributed by atoms with Gasteiger partial charge in [0.2, 0.25) is 0 Å². The van der Waals surface area contributed by atoms with Gasteiger partial charge in [0, 0.05) is 19.2 Å². The molecule has 0 aliphatic carbocycles. The van der Waals surface area contributed by atoms with E-state index in [2.05, 4.69) is 26.1 Å². The van der Waals surface area contributed by atoms with Crippen LogP contribution in [0.3, 0.4) is 0 Å². The van der Waals surface area contributed by atoms with Crippen molar-refractivity contribution < 1.29 is 4.74 Å². The summed E-state index contributed by atoms with van der Waals surface area (Å²) in [5.74, 6) is 0.980. The summed E-state index contributed by atoms with van der Waals surface area (Å²) in [6.45, 7) is 0.880. The normalized spacial score (nSPS) is 20.9. The number of aromatic nitrogens is 3. The van der Waals surface area contributed by atoms with Crippen molar-refractivity contribution in [2.75, 3.05) is 6.61 Å². The predicted molar refractivity (Wildman–Crippen MR) is 68.0 cm³/mol. The van der Waals surface area contributed by atoms with E-state index in [-0.39, 0.29) is 0 Å². The van der Waals surface area contributed by atoms with E-state index in [4.69, 9.17) is 4.74 Å². The summed E-state index contributed by atoms with van der Waals surface area (Å²) in [5.41, 5.74) is 0.873. The SMILES string of the molecule is Brc1cccn2c(CC3CCCCO3)nnc12. The highest BCUT2D eigenvalue weighted by molar-refractivity contribution is 9.10. The first kappa shape index (κ1) is 11.2. The molecule has 2 aromatic heterocycles. The Hall–Kier alpha value is -0.940. The number of hydrogen-bond acceptors (Lipinski definition) is 3. The second-order valence-electron chi connectivity index (χ2n) is 4.36. The Bertz CT molecular complexity index is 519. The number of fused-ring (bicyclic) bond motifs is 1. The van der Waals surface area contributed by atoms with Crippen LogP contribution in [0.5, 0.6) is 0 Å². The van der Waals surface area contributed by atoms with Crippen molar-refractivity contribution >= 4 is 21.6 Å².